The predicted octanol–water partition coefficient (Wildman–Crippen LogP) is 3.23. The highest BCUT2D eigenvalue weighted by Gasteiger charge is 2.29. The molecule has 1 aromatic carbocycles. The maximum Gasteiger partial charge on any atom is 0.230 e. The van der Waals surface area contributed by atoms with Crippen LogP contribution in [0.25, 0.3) is 0 Å². The largest absolute Gasteiger partial charge is 0.354 e. The van der Waals surface area contributed by atoms with Crippen molar-refractivity contribution in [2.45, 2.75) is 30.6 Å². The molecular weight excluding hydrogens is 280 g/mol. The Kier molecular flexibility index (Phi) is 6.59. The summed E-state index contributed by atoms with van der Waals surface area (Å²) in [5, 5.41) is 13.0. The molecule has 0 spiro atoms. The number of amides is 1. The fourth-order valence-corrected chi connectivity index (χ4v) is 2.27. The molecule has 1 rings (SSSR count). The van der Waals surface area contributed by atoms with Gasteiger partial charge >= 0.3 is 0 Å². The summed E-state index contributed by atoms with van der Waals surface area (Å²) in [5.41, 5.74) is 0.328. The van der Waals surface area contributed by atoms with Crippen molar-refractivity contribution in [2.24, 2.45) is 0 Å². The van der Waals surface area contributed by atoms with Crippen molar-refractivity contribution in [3.05, 3.63) is 41.3 Å². The number of hydrogen-bond acceptors (Lipinski definition) is 3. The number of rotatable bonds is 6. The molecule has 1 aromatic rings. The van der Waals surface area contributed by atoms with E-state index in [0.717, 1.165) is 10.5 Å². The summed E-state index contributed by atoms with van der Waals surface area (Å²) in [6, 6.07) is 9.70. The minimum Gasteiger partial charge on any atom is -0.354 e. The SMILES string of the molecule is C#CCCNC(=O)C(C)(C)c1ccc(S/C=C/C#N)cc1. The highest BCUT2D eigenvalue weighted by molar-refractivity contribution is 8.02. The van der Waals surface area contributed by atoms with Crippen molar-refractivity contribution in [2.75, 3.05) is 6.54 Å². The van der Waals surface area contributed by atoms with Crippen LogP contribution in [0.3, 0.4) is 0 Å². The topological polar surface area (TPSA) is 52.9 Å². The number of thioether (sulfide) groups is 1. The van der Waals surface area contributed by atoms with Gasteiger partial charge in [0.25, 0.3) is 0 Å². The minimum absolute atomic E-state index is 0.0393. The second-order valence-electron chi connectivity index (χ2n) is 4.91. The molecule has 1 amide bonds. The van der Waals surface area contributed by atoms with E-state index in [4.69, 9.17) is 11.7 Å². The lowest BCUT2D eigenvalue weighted by Crippen LogP contribution is -2.40. The molecule has 0 fully saturated rings. The van der Waals surface area contributed by atoms with Gasteiger partial charge in [0.2, 0.25) is 5.91 Å². The fourth-order valence-electron chi connectivity index (χ4n) is 1.69. The van der Waals surface area contributed by atoms with Gasteiger partial charge in [-0.25, -0.2) is 0 Å². The molecule has 0 bridgehead atoms. The van der Waals surface area contributed by atoms with E-state index in [2.05, 4.69) is 11.2 Å². The van der Waals surface area contributed by atoms with Crippen molar-refractivity contribution in [1.82, 2.24) is 5.32 Å². The van der Waals surface area contributed by atoms with Crippen LogP contribution in [0.2, 0.25) is 0 Å². The van der Waals surface area contributed by atoms with Gasteiger partial charge in [-0.3, -0.25) is 4.79 Å². The molecule has 0 heterocycles. The molecule has 4 heteroatoms. The van der Waals surface area contributed by atoms with Crippen molar-refractivity contribution in [3.63, 3.8) is 0 Å². The molecule has 1 N–H and O–H groups in total. The third kappa shape index (κ3) is 5.02. The van der Waals surface area contributed by atoms with Crippen LogP contribution in [-0.2, 0) is 10.2 Å². The van der Waals surface area contributed by atoms with E-state index < -0.39 is 5.41 Å². The number of carbonyl (C=O) groups is 1. The third-order valence-electron chi connectivity index (χ3n) is 3.05. The highest BCUT2D eigenvalue weighted by Crippen LogP contribution is 2.27. The highest BCUT2D eigenvalue weighted by atomic mass is 32.2. The number of allylic oxidation sites excluding steroid dienone is 1. The molecule has 0 aliphatic rings. The van der Waals surface area contributed by atoms with Gasteiger partial charge in [0.1, 0.15) is 0 Å². The molecule has 0 aromatic heterocycles. The van der Waals surface area contributed by atoms with Crippen molar-refractivity contribution in [1.29, 1.82) is 5.26 Å². The first kappa shape index (κ1) is 16.9. The first-order valence-corrected chi connectivity index (χ1v) is 7.44. The second kappa shape index (κ2) is 8.19. The number of nitrogens with zero attached hydrogens (tertiary/aromatic N) is 1. The number of terminal acetylenes is 1. The molecule has 108 valence electrons. The first-order chi connectivity index (χ1) is 10.0. The summed E-state index contributed by atoms with van der Waals surface area (Å²) in [6.45, 7) is 4.26. The number of benzene rings is 1. The Hall–Kier alpha value is -2.17. The number of nitriles is 1. The van der Waals surface area contributed by atoms with Crippen LogP contribution in [0.4, 0.5) is 0 Å². The zero-order valence-corrected chi connectivity index (χ0v) is 13.0. The monoisotopic (exact) mass is 298 g/mol. The predicted molar refractivity (Wildman–Crippen MR) is 86.5 cm³/mol. The van der Waals surface area contributed by atoms with E-state index >= 15 is 0 Å². The zero-order chi connectivity index (χ0) is 15.7. The Balaban J connectivity index is 2.75. The summed E-state index contributed by atoms with van der Waals surface area (Å²) in [6.07, 6.45) is 7.13. The van der Waals surface area contributed by atoms with Crippen LogP contribution >= 0.6 is 11.8 Å². The van der Waals surface area contributed by atoms with Gasteiger partial charge < -0.3 is 5.32 Å². The van der Waals surface area contributed by atoms with Crippen molar-refractivity contribution < 1.29 is 4.79 Å². The Labute approximate surface area is 130 Å². The van der Waals surface area contributed by atoms with Gasteiger partial charge in [-0.15, -0.1) is 12.3 Å². The minimum atomic E-state index is -0.611. The quantitative estimate of drug-likeness (QED) is 0.380. The van der Waals surface area contributed by atoms with Crippen LogP contribution in [0.15, 0.2) is 40.6 Å². The normalized spacial score (nSPS) is 10.9. The zero-order valence-electron chi connectivity index (χ0n) is 12.2. The Morgan fingerprint density at radius 3 is 2.67 bits per heavy atom. The maximum atomic E-state index is 12.2. The summed E-state index contributed by atoms with van der Waals surface area (Å²) in [4.78, 5) is 13.2. The fraction of sp³-hybridized carbons (Fsp3) is 0.294. The number of nitrogens with one attached hydrogen (secondary N) is 1. The number of hydrogen-bond donors (Lipinski definition) is 1. The lowest BCUT2D eigenvalue weighted by atomic mass is 9.84. The molecule has 0 saturated carbocycles. The molecular formula is C17H18N2OS. The van der Waals surface area contributed by atoms with Gasteiger partial charge in [0.15, 0.2) is 0 Å². The average molecular weight is 298 g/mol. The van der Waals surface area contributed by atoms with Crippen LogP contribution in [0, 0.1) is 23.7 Å². The Bertz CT molecular complexity index is 589. The summed E-state index contributed by atoms with van der Waals surface area (Å²) < 4.78 is 0. The van der Waals surface area contributed by atoms with Crippen LogP contribution in [-0.4, -0.2) is 12.5 Å². The Morgan fingerprint density at radius 1 is 1.43 bits per heavy atom. The Morgan fingerprint density at radius 2 is 2.10 bits per heavy atom. The average Bonchev–Trinajstić information content (AvgIpc) is 2.48. The molecule has 0 aliphatic carbocycles. The molecule has 0 unspecified atom stereocenters. The lowest BCUT2D eigenvalue weighted by molar-refractivity contribution is -0.125. The molecule has 0 saturated heterocycles. The molecule has 0 radical (unpaired) electrons. The van der Waals surface area contributed by atoms with E-state index in [1.54, 1.807) is 5.41 Å². The molecule has 0 aliphatic heterocycles. The lowest BCUT2D eigenvalue weighted by Gasteiger charge is -2.24. The van der Waals surface area contributed by atoms with Crippen molar-refractivity contribution in [3.8, 4) is 18.4 Å². The smallest absolute Gasteiger partial charge is 0.230 e. The van der Waals surface area contributed by atoms with Crippen LogP contribution in [0.5, 0.6) is 0 Å². The summed E-state index contributed by atoms with van der Waals surface area (Å²) >= 11 is 1.46. The molecule has 0 atom stereocenters. The van der Waals surface area contributed by atoms with E-state index in [9.17, 15) is 4.79 Å². The van der Waals surface area contributed by atoms with Gasteiger partial charge in [-0.2, -0.15) is 5.26 Å². The second-order valence-corrected chi connectivity index (χ2v) is 5.89. The maximum absolute atomic E-state index is 12.2. The van der Waals surface area contributed by atoms with Crippen LogP contribution < -0.4 is 5.32 Å². The van der Waals surface area contributed by atoms with E-state index in [-0.39, 0.29) is 5.91 Å². The van der Waals surface area contributed by atoms with Crippen molar-refractivity contribution >= 4 is 17.7 Å². The summed E-state index contributed by atoms with van der Waals surface area (Å²) in [5.74, 6) is 2.46. The van der Waals surface area contributed by atoms with E-state index in [1.807, 2.05) is 44.2 Å². The first-order valence-electron chi connectivity index (χ1n) is 6.56. The molecule has 21 heavy (non-hydrogen) atoms. The van der Waals surface area contributed by atoms with Crippen LogP contribution in [0.1, 0.15) is 25.8 Å². The van der Waals surface area contributed by atoms with Gasteiger partial charge in [0, 0.05) is 23.9 Å². The van der Waals surface area contributed by atoms with Gasteiger partial charge in [-0.1, -0.05) is 23.9 Å². The summed E-state index contributed by atoms with van der Waals surface area (Å²) in [7, 11) is 0. The third-order valence-corrected chi connectivity index (χ3v) is 3.86. The standard InChI is InChI=1S/C17H18N2OS/c1-4-5-12-19-16(20)17(2,3)14-7-9-15(10-8-14)21-13-6-11-18/h1,6-10,13H,5,12H2,2-3H3,(H,19,20)/b13-6+. The van der Waals surface area contributed by atoms with Gasteiger partial charge in [0.05, 0.1) is 11.5 Å². The van der Waals surface area contributed by atoms with E-state index in [1.165, 1.54) is 17.8 Å². The number of carbonyl (C=O) groups excluding carboxylic acids is 1. The van der Waals surface area contributed by atoms with E-state index in [0.29, 0.717) is 13.0 Å². The molecule has 3 nitrogen and oxygen atoms in total. The van der Waals surface area contributed by atoms with Gasteiger partial charge in [-0.05, 0) is 37.0 Å².